The zero-order chi connectivity index (χ0) is 9.84. The Balaban J connectivity index is 2.86. The van der Waals surface area contributed by atoms with E-state index in [0.717, 1.165) is 6.42 Å². The summed E-state index contributed by atoms with van der Waals surface area (Å²) < 4.78 is 3.04. The van der Waals surface area contributed by atoms with E-state index in [1.165, 1.54) is 11.5 Å². The number of hydrogen-bond donors (Lipinski definition) is 0. The molecule has 0 N–H and O–H groups in total. The number of aryl methyl sites for hydroxylation is 1. The van der Waals surface area contributed by atoms with Gasteiger partial charge < -0.3 is 0 Å². The lowest BCUT2D eigenvalue weighted by Gasteiger charge is -1.97. The fourth-order valence-electron chi connectivity index (χ4n) is 1.22. The van der Waals surface area contributed by atoms with Crippen LogP contribution in [0.2, 0.25) is 0 Å². The minimum atomic E-state index is -0.1000. The van der Waals surface area contributed by atoms with E-state index in [1.54, 1.807) is 17.0 Å². The topological polar surface area (TPSA) is 44.0 Å². The van der Waals surface area contributed by atoms with Crippen LogP contribution in [-0.4, -0.2) is 14.9 Å². The Labute approximate surface area is 76.8 Å². The van der Waals surface area contributed by atoms with E-state index in [-0.39, 0.29) is 18.0 Å². The summed E-state index contributed by atoms with van der Waals surface area (Å²) in [5.74, 6) is -0.00338. The average Bonchev–Trinajstić information content (AvgIpc) is 2.36. The number of ketones is 1. The van der Waals surface area contributed by atoms with Gasteiger partial charge in [0.2, 0.25) is 0 Å². The molecule has 0 amide bonds. The van der Waals surface area contributed by atoms with Crippen molar-refractivity contribution in [2.75, 3.05) is 0 Å². The summed E-state index contributed by atoms with van der Waals surface area (Å²) >= 11 is 0. The third kappa shape index (κ3) is 2.31. The lowest BCUT2D eigenvalue weighted by molar-refractivity contribution is -0.117. The summed E-state index contributed by atoms with van der Waals surface area (Å²) in [6.07, 6.45) is 4.29. The second-order valence-electron chi connectivity index (χ2n) is 3.10. The molecule has 1 aromatic rings. The molecule has 4 heteroatoms. The largest absolute Gasteiger partial charge is 0.328 e. The van der Waals surface area contributed by atoms with Crippen molar-refractivity contribution in [2.24, 2.45) is 0 Å². The first kappa shape index (κ1) is 9.77. The Morgan fingerprint density at radius 2 is 2.00 bits per heavy atom. The third-order valence-electron chi connectivity index (χ3n) is 1.78. The smallest absolute Gasteiger partial charge is 0.299 e. The van der Waals surface area contributed by atoms with Crippen molar-refractivity contribution in [3.63, 3.8) is 0 Å². The van der Waals surface area contributed by atoms with Gasteiger partial charge in [-0.2, -0.15) is 0 Å². The molecular formula is C9H14N2O2. The van der Waals surface area contributed by atoms with Gasteiger partial charge in [-0.1, -0.05) is 6.92 Å². The first-order chi connectivity index (χ1) is 6.15. The molecule has 0 aliphatic heterocycles. The summed E-state index contributed by atoms with van der Waals surface area (Å²) in [6, 6.07) is 0. The van der Waals surface area contributed by atoms with Crippen LogP contribution in [-0.2, 0) is 17.9 Å². The quantitative estimate of drug-likeness (QED) is 0.686. The van der Waals surface area contributed by atoms with E-state index in [1.807, 2.05) is 6.92 Å². The third-order valence-corrected chi connectivity index (χ3v) is 1.78. The Morgan fingerprint density at radius 1 is 1.38 bits per heavy atom. The number of imidazole rings is 1. The highest BCUT2D eigenvalue weighted by molar-refractivity contribution is 5.75. The second-order valence-corrected chi connectivity index (χ2v) is 3.10. The first-order valence-corrected chi connectivity index (χ1v) is 4.40. The van der Waals surface area contributed by atoms with E-state index in [9.17, 15) is 9.59 Å². The number of rotatable bonds is 4. The second kappa shape index (κ2) is 4.07. The highest BCUT2D eigenvalue weighted by atomic mass is 16.2. The van der Waals surface area contributed by atoms with Crippen LogP contribution in [0.25, 0.3) is 0 Å². The van der Waals surface area contributed by atoms with E-state index >= 15 is 0 Å². The Bertz CT molecular complexity index is 349. The molecule has 0 aliphatic carbocycles. The normalized spacial score (nSPS) is 10.3. The molecule has 0 aromatic carbocycles. The van der Waals surface area contributed by atoms with Gasteiger partial charge in [-0.15, -0.1) is 0 Å². The molecule has 1 heterocycles. The monoisotopic (exact) mass is 182 g/mol. The first-order valence-electron chi connectivity index (χ1n) is 4.40. The number of aromatic nitrogens is 2. The average molecular weight is 182 g/mol. The molecule has 0 saturated heterocycles. The summed E-state index contributed by atoms with van der Waals surface area (Å²) in [5, 5.41) is 0. The molecule has 13 heavy (non-hydrogen) atoms. The van der Waals surface area contributed by atoms with Crippen LogP contribution in [0.3, 0.4) is 0 Å². The van der Waals surface area contributed by atoms with Crippen molar-refractivity contribution < 1.29 is 4.79 Å². The molecule has 4 nitrogen and oxygen atoms in total. The van der Waals surface area contributed by atoms with Crippen molar-refractivity contribution >= 4 is 5.78 Å². The maximum atomic E-state index is 11.5. The number of Topliss-reactive ketones (excluding diaryl/α,β-unsaturated/α-hetero) is 1. The molecule has 0 spiro atoms. The molecular weight excluding hydrogens is 168 g/mol. The summed E-state index contributed by atoms with van der Waals surface area (Å²) in [7, 11) is 0. The van der Waals surface area contributed by atoms with Crippen LogP contribution in [0.15, 0.2) is 17.2 Å². The molecule has 0 atom stereocenters. The van der Waals surface area contributed by atoms with Gasteiger partial charge in [0.05, 0.1) is 6.54 Å². The van der Waals surface area contributed by atoms with Gasteiger partial charge in [0, 0.05) is 18.9 Å². The van der Waals surface area contributed by atoms with E-state index < -0.39 is 0 Å². The van der Waals surface area contributed by atoms with E-state index in [2.05, 4.69) is 0 Å². The van der Waals surface area contributed by atoms with Gasteiger partial charge in [0.1, 0.15) is 5.78 Å². The van der Waals surface area contributed by atoms with Gasteiger partial charge in [0.25, 0.3) is 0 Å². The van der Waals surface area contributed by atoms with Crippen molar-refractivity contribution in [3.05, 3.63) is 22.9 Å². The van der Waals surface area contributed by atoms with Crippen LogP contribution in [0.1, 0.15) is 20.3 Å². The molecule has 72 valence electrons. The van der Waals surface area contributed by atoms with Gasteiger partial charge in [-0.05, 0) is 13.3 Å². The number of nitrogens with zero attached hydrogens (tertiary/aromatic N) is 2. The van der Waals surface area contributed by atoms with Gasteiger partial charge in [-0.3, -0.25) is 13.9 Å². The Kier molecular flexibility index (Phi) is 3.06. The van der Waals surface area contributed by atoms with Crippen LogP contribution in [0.4, 0.5) is 0 Å². The number of carbonyl (C=O) groups excluding carboxylic acids is 1. The van der Waals surface area contributed by atoms with Crippen LogP contribution < -0.4 is 5.69 Å². The highest BCUT2D eigenvalue weighted by Crippen LogP contribution is 1.88. The Hall–Kier alpha value is -1.32. The summed E-state index contributed by atoms with van der Waals surface area (Å²) in [6.45, 7) is 4.37. The van der Waals surface area contributed by atoms with Crippen LogP contribution in [0.5, 0.6) is 0 Å². The maximum absolute atomic E-state index is 11.5. The zero-order valence-corrected chi connectivity index (χ0v) is 7.99. The molecule has 0 saturated carbocycles. The van der Waals surface area contributed by atoms with Crippen LogP contribution >= 0.6 is 0 Å². The predicted molar refractivity (Wildman–Crippen MR) is 49.7 cm³/mol. The van der Waals surface area contributed by atoms with E-state index in [4.69, 9.17) is 0 Å². The minimum Gasteiger partial charge on any atom is -0.299 e. The molecule has 0 unspecified atom stereocenters. The molecule has 0 bridgehead atoms. The zero-order valence-electron chi connectivity index (χ0n) is 7.99. The number of hydrogen-bond acceptors (Lipinski definition) is 2. The maximum Gasteiger partial charge on any atom is 0.328 e. The van der Waals surface area contributed by atoms with Crippen molar-refractivity contribution in [2.45, 2.75) is 33.4 Å². The van der Waals surface area contributed by atoms with Crippen molar-refractivity contribution in [3.8, 4) is 0 Å². The highest BCUT2D eigenvalue weighted by Gasteiger charge is 2.03. The summed E-state index contributed by atoms with van der Waals surface area (Å²) in [4.78, 5) is 22.2. The van der Waals surface area contributed by atoms with Gasteiger partial charge >= 0.3 is 5.69 Å². The lowest BCUT2D eigenvalue weighted by atomic mass is 10.4. The SMILES string of the molecule is CCCn1ccn(CC(C)=O)c1=O. The molecule has 0 radical (unpaired) electrons. The molecule has 1 rings (SSSR count). The molecule has 0 fully saturated rings. The van der Waals surface area contributed by atoms with Gasteiger partial charge in [0.15, 0.2) is 0 Å². The fourth-order valence-corrected chi connectivity index (χ4v) is 1.22. The standard InChI is InChI=1S/C9H14N2O2/c1-3-4-10-5-6-11(9(10)13)7-8(2)12/h5-6H,3-4,7H2,1-2H3. The van der Waals surface area contributed by atoms with Crippen molar-refractivity contribution in [1.82, 2.24) is 9.13 Å². The molecule has 0 aliphatic rings. The van der Waals surface area contributed by atoms with E-state index in [0.29, 0.717) is 6.54 Å². The minimum absolute atomic E-state index is 0.00338. The van der Waals surface area contributed by atoms with Crippen molar-refractivity contribution in [1.29, 1.82) is 0 Å². The fraction of sp³-hybridized carbons (Fsp3) is 0.556. The Morgan fingerprint density at radius 3 is 2.54 bits per heavy atom. The van der Waals surface area contributed by atoms with Gasteiger partial charge in [-0.25, -0.2) is 4.79 Å². The molecule has 1 aromatic heterocycles. The summed E-state index contributed by atoms with van der Waals surface area (Å²) in [5.41, 5.74) is -0.1000. The predicted octanol–water partition coefficient (Wildman–Crippen LogP) is 0.649. The number of carbonyl (C=O) groups is 1. The van der Waals surface area contributed by atoms with Crippen LogP contribution in [0, 0.1) is 0 Å². The lowest BCUT2D eigenvalue weighted by Crippen LogP contribution is -2.25.